The molecule has 4 nitrogen and oxygen atoms in total. The van der Waals surface area contributed by atoms with Crippen LogP contribution in [0.1, 0.15) is 29.2 Å². The van der Waals surface area contributed by atoms with E-state index in [9.17, 15) is 9.59 Å². The normalized spacial score (nSPS) is 20.4. The molecule has 1 aliphatic heterocycles. The lowest BCUT2D eigenvalue weighted by Crippen LogP contribution is -2.33. The van der Waals surface area contributed by atoms with Gasteiger partial charge in [0.05, 0.1) is 5.25 Å². The van der Waals surface area contributed by atoms with E-state index >= 15 is 0 Å². The summed E-state index contributed by atoms with van der Waals surface area (Å²) in [5.74, 6) is 0.0441. The van der Waals surface area contributed by atoms with Crippen LogP contribution >= 0.6 is 23.1 Å². The minimum atomic E-state index is -0.0684. The van der Waals surface area contributed by atoms with Crippen molar-refractivity contribution in [2.45, 2.75) is 30.9 Å². The van der Waals surface area contributed by atoms with E-state index < -0.39 is 0 Å². The lowest BCUT2D eigenvalue weighted by atomic mass is 10.2. The summed E-state index contributed by atoms with van der Waals surface area (Å²) in [5.41, 5.74) is 1.94. The molecule has 6 heteroatoms. The number of carbonyl (C=O) groups is 2. The standard InChI is InChI=1S/C18H20N2O2S2/c1-12-5-7-14(8-6-12)19-16(21)9-10-20-17(22)13(2)24-18(20)15-4-3-11-23-15/h3-8,11,13,18H,9-10H2,1-2H3,(H,19,21)/t13-,18-/m1/s1. The van der Waals surface area contributed by atoms with Crippen molar-refractivity contribution < 1.29 is 9.59 Å². The highest BCUT2D eigenvalue weighted by molar-refractivity contribution is 8.01. The molecule has 2 aromatic rings. The maximum absolute atomic E-state index is 12.4. The zero-order valence-electron chi connectivity index (χ0n) is 13.7. The van der Waals surface area contributed by atoms with Gasteiger partial charge in [-0.05, 0) is 37.4 Å². The second-order valence-corrected chi connectivity index (χ2v) is 8.25. The van der Waals surface area contributed by atoms with Gasteiger partial charge < -0.3 is 10.2 Å². The van der Waals surface area contributed by atoms with Gasteiger partial charge in [-0.3, -0.25) is 9.59 Å². The maximum atomic E-state index is 12.4. The quantitative estimate of drug-likeness (QED) is 0.875. The molecule has 1 aliphatic rings. The number of nitrogens with zero attached hydrogens (tertiary/aromatic N) is 1. The van der Waals surface area contributed by atoms with E-state index in [-0.39, 0.29) is 22.4 Å². The average Bonchev–Trinajstić information content (AvgIpc) is 3.18. The van der Waals surface area contributed by atoms with Gasteiger partial charge in [0.1, 0.15) is 5.37 Å². The van der Waals surface area contributed by atoms with Crippen LogP contribution in [-0.2, 0) is 9.59 Å². The minimum absolute atomic E-state index is 0.0275. The van der Waals surface area contributed by atoms with E-state index in [4.69, 9.17) is 0 Å². The Balaban J connectivity index is 1.60. The molecule has 0 aliphatic carbocycles. The monoisotopic (exact) mass is 360 g/mol. The lowest BCUT2D eigenvalue weighted by molar-refractivity contribution is -0.130. The maximum Gasteiger partial charge on any atom is 0.236 e. The summed E-state index contributed by atoms with van der Waals surface area (Å²) in [6.07, 6.45) is 0.300. The van der Waals surface area contributed by atoms with Crippen molar-refractivity contribution in [2.24, 2.45) is 0 Å². The highest BCUT2D eigenvalue weighted by Gasteiger charge is 2.38. The van der Waals surface area contributed by atoms with Crippen molar-refractivity contribution in [3.8, 4) is 0 Å². The number of thioether (sulfide) groups is 1. The summed E-state index contributed by atoms with van der Waals surface area (Å²) in [6.45, 7) is 4.38. The van der Waals surface area contributed by atoms with Crippen molar-refractivity contribution >= 4 is 40.6 Å². The predicted octanol–water partition coefficient (Wildman–Crippen LogP) is 4.05. The first kappa shape index (κ1) is 17.0. The first-order chi connectivity index (χ1) is 11.5. The second kappa shape index (κ2) is 7.40. The van der Waals surface area contributed by atoms with E-state index in [1.165, 1.54) is 0 Å². The molecular weight excluding hydrogens is 340 g/mol. The fourth-order valence-corrected chi connectivity index (χ4v) is 4.89. The van der Waals surface area contributed by atoms with Gasteiger partial charge in [-0.15, -0.1) is 23.1 Å². The van der Waals surface area contributed by atoms with Gasteiger partial charge in [-0.25, -0.2) is 0 Å². The number of aryl methyl sites for hydroxylation is 1. The Morgan fingerprint density at radius 2 is 2.00 bits per heavy atom. The summed E-state index contributed by atoms with van der Waals surface area (Å²) < 4.78 is 0. The largest absolute Gasteiger partial charge is 0.326 e. The SMILES string of the molecule is Cc1ccc(NC(=O)CCN2C(=O)[C@@H](C)S[C@@H]2c2cccs2)cc1. The third-order valence-corrected chi connectivity index (χ3v) is 6.40. The van der Waals surface area contributed by atoms with Crippen LogP contribution in [0.4, 0.5) is 5.69 Å². The van der Waals surface area contributed by atoms with Crippen molar-refractivity contribution in [1.29, 1.82) is 0 Å². The Labute approximate surface area is 150 Å². The molecule has 1 N–H and O–H groups in total. The van der Waals surface area contributed by atoms with Crippen LogP contribution in [0.2, 0.25) is 0 Å². The molecule has 2 atom stereocenters. The third-order valence-electron chi connectivity index (χ3n) is 3.95. The first-order valence-corrected chi connectivity index (χ1v) is 9.72. The van der Waals surface area contributed by atoms with Crippen LogP contribution in [-0.4, -0.2) is 28.5 Å². The Hall–Kier alpha value is -1.79. The molecule has 2 heterocycles. The van der Waals surface area contributed by atoms with Gasteiger partial charge in [-0.2, -0.15) is 0 Å². The highest BCUT2D eigenvalue weighted by Crippen LogP contribution is 2.44. The number of nitrogens with one attached hydrogen (secondary N) is 1. The highest BCUT2D eigenvalue weighted by atomic mass is 32.2. The molecule has 3 rings (SSSR count). The smallest absolute Gasteiger partial charge is 0.236 e. The van der Waals surface area contributed by atoms with Crippen LogP contribution in [0.3, 0.4) is 0 Å². The molecule has 0 spiro atoms. The number of rotatable bonds is 5. The van der Waals surface area contributed by atoms with E-state index in [2.05, 4.69) is 5.32 Å². The molecule has 1 aromatic heterocycles. The number of hydrogen-bond acceptors (Lipinski definition) is 4. The fourth-order valence-electron chi connectivity index (χ4n) is 2.64. The summed E-state index contributed by atoms with van der Waals surface area (Å²) in [5, 5.41) is 4.88. The molecule has 1 saturated heterocycles. The predicted molar refractivity (Wildman–Crippen MR) is 100 cm³/mol. The molecule has 126 valence electrons. The summed E-state index contributed by atoms with van der Waals surface area (Å²) in [7, 11) is 0. The third kappa shape index (κ3) is 3.82. The van der Waals surface area contributed by atoms with E-state index in [1.807, 2.05) is 60.5 Å². The van der Waals surface area contributed by atoms with Crippen LogP contribution in [0.15, 0.2) is 41.8 Å². The van der Waals surface area contributed by atoms with Crippen LogP contribution in [0.25, 0.3) is 0 Å². The molecule has 2 amide bonds. The Morgan fingerprint density at radius 1 is 1.25 bits per heavy atom. The van der Waals surface area contributed by atoms with Crippen LogP contribution in [0.5, 0.6) is 0 Å². The molecule has 1 aromatic carbocycles. The number of carbonyl (C=O) groups excluding carboxylic acids is 2. The van der Waals surface area contributed by atoms with Gasteiger partial charge in [0.25, 0.3) is 0 Å². The number of hydrogen-bond donors (Lipinski definition) is 1. The molecular formula is C18H20N2O2S2. The first-order valence-electron chi connectivity index (χ1n) is 7.90. The zero-order chi connectivity index (χ0) is 17.1. The lowest BCUT2D eigenvalue weighted by Gasteiger charge is -2.22. The van der Waals surface area contributed by atoms with Crippen molar-refractivity contribution in [3.05, 3.63) is 52.2 Å². The van der Waals surface area contributed by atoms with E-state index in [0.717, 1.165) is 16.1 Å². The zero-order valence-corrected chi connectivity index (χ0v) is 15.3. The summed E-state index contributed by atoms with van der Waals surface area (Å²) >= 11 is 3.30. The van der Waals surface area contributed by atoms with Crippen LogP contribution in [0, 0.1) is 6.92 Å². The summed E-state index contributed by atoms with van der Waals surface area (Å²) in [6, 6.07) is 11.8. The van der Waals surface area contributed by atoms with E-state index in [1.54, 1.807) is 23.1 Å². The Kier molecular flexibility index (Phi) is 5.26. The Morgan fingerprint density at radius 3 is 2.67 bits per heavy atom. The van der Waals surface area contributed by atoms with Gasteiger partial charge in [0, 0.05) is 23.5 Å². The van der Waals surface area contributed by atoms with Gasteiger partial charge in [0.2, 0.25) is 11.8 Å². The molecule has 1 fully saturated rings. The molecule has 24 heavy (non-hydrogen) atoms. The summed E-state index contributed by atoms with van der Waals surface area (Å²) in [4.78, 5) is 27.6. The van der Waals surface area contributed by atoms with E-state index in [0.29, 0.717) is 13.0 Å². The number of amides is 2. The number of thiophene rings is 1. The van der Waals surface area contributed by atoms with Gasteiger partial charge >= 0.3 is 0 Å². The van der Waals surface area contributed by atoms with Gasteiger partial charge in [-0.1, -0.05) is 23.8 Å². The van der Waals surface area contributed by atoms with Gasteiger partial charge in [0.15, 0.2) is 0 Å². The number of benzene rings is 1. The molecule has 0 unspecified atom stereocenters. The van der Waals surface area contributed by atoms with Crippen molar-refractivity contribution in [2.75, 3.05) is 11.9 Å². The average molecular weight is 361 g/mol. The topological polar surface area (TPSA) is 49.4 Å². The fraction of sp³-hybridized carbons (Fsp3) is 0.333. The molecule has 0 bridgehead atoms. The van der Waals surface area contributed by atoms with Crippen molar-refractivity contribution in [3.63, 3.8) is 0 Å². The Bertz CT molecular complexity index is 713. The molecule has 0 radical (unpaired) electrons. The number of anilines is 1. The second-order valence-electron chi connectivity index (χ2n) is 5.84. The van der Waals surface area contributed by atoms with Crippen molar-refractivity contribution in [1.82, 2.24) is 4.90 Å². The molecule has 0 saturated carbocycles. The van der Waals surface area contributed by atoms with Crippen LogP contribution < -0.4 is 5.32 Å². The minimum Gasteiger partial charge on any atom is -0.326 e.